The highest BCUT2D eigenvalue weighted by Crippen LogP contribution is 2.07. The zero-order chi connectivity index (χ0) is 16.1. The Bertz CT molecular complexity index is 830. The third-order valence-corrected chi connectivity index (χ3v) is 3.37. The van der Waals surface area contributed by atoms with Crippen LogP contribution in [-0.2, 0) is 0 Å². The molecule has 2 aromatic carbocycles. The third-order valence-electron chi connectivity index (χ3n) is 3.37. The van der Waals surface area contributed by atoms with Gasteiger partial charge in [0.05, 0.1) is 5.56 Å². The number of carbonyl (C=O) groups is 2. The van der Waals surface area contributed by atoms with Crippen molar-refractivity contribution in [1.29, 1.82) is 0 Å². The number of carbonyl (C=O) groups excluding carboxylic acids is 2. The molecule has 0 aliphatic heterocycles. The highest BCUT2D eigenvalue weighted by atomic mass is 16.2. The minimum absolute atomic E-state index is 0.0890. The van der Waals surface area contributed by atoms with Crippen LogP contribution >= 0.6 is 0 Å². The lowest BCUT2D eigenvalue weighted by molar-refractivity contribution is -0.641. The van der Waals surface area contributed by atoms with Gasteiger partial charge in [0, 0.05) is 17.2 Å². The van der Waals surface area contributed by atoms with Crippen LogP contribution in [0, 0.1) is 0 Å². The van der Waals surface area contributed by atoms with Crippen molar-refractivity contribution in [2.75, 3.05) is 5.43 Å². The summed E-state index contributed by atoms with van der Waals surface area (Å²) in [6, 6.07) is 21.4. The molecule has 0 atom stereocenters. The zero-order valence-corrected chi connectivity index (χ0v) is 12.3. The van der Waals surface area contributed by atoms with Gasteiger partial charge in [-0.2, -0.15) is 0 Å². The summed E-state index contributed by atoms with van der Waals surface area (Å²) in [4.78, 5) is 24.6. The van der Waals surface area contributed by atoms with Gasteiger partial charge >= 0.3 is 5.91 Å². The Morgan fingerprint density at radius 2 is 1.26 bits per heavy atom. The number of benzene rings is 2. The number of hydrogen-bond acceptors (Lipinski definition) is 2. The van der Waals surface area contributed by atoms with Crippen LogP contribution in [0.4, 0.5) is 0 Å². The van der Waals surface area contributed by atoms with E-state index in [2.05, 4.69) is 5.43 Å². The van der Waals surface area contributed by atoms with Crippen LogP contribution in [0.1, 0.15) is 26.3 Å². The number of hydrogen-bond donors (Lipinski definition) is 1. The molecule has 3 rings (SSSR count). The molecule has 0 aliphatic carbocycles. The van der Waals surface area contributed by atoms with Crippen molar-refractivity contribution in [2.45, 2.75) is 0 Å². The molecule has 0 unspecified atom stereocenters. The Balaban J connectivity index is 1.80. The summed E-state index contributed by atoms with van der Waals surface area (Å²) in [6.45, 7) is 0. The number of amides is 1. The summed E-state index contributed by atoms with van der Waals surface area (Å²) in [5.41, 5.74) is 4.40. The molecule has 1 amide bonds. The number of nitrogens with zero attached hydrogens (tertiary/aromatic N) is 1. The quantitative estimate of drug-likeness (QED) is 0.595. The molecule has 0 fully saturated rings. The van der Waals surface area contributed by atoms with E-state index in [4.69, 9.17) is 0 Å². The van der Waals surface area contributed by atoms with Crippen LogP contribution in [0.2, 0.25) is 0 Å². The molecule has 0 saturated heterocycles. The molecule has 4 nitrogen and oxygen atoms in total. The number of rotatable bonds is 4. The average Bonchev–Trinajstić information content (AvgIpc) is 2.63. The van der Waals surface area contributed by atoms with E-state index < -0.39 is 0 Å². The highest BCUT2D eigenvalue weighted by molar-refractivity contribution is 6.08. The maximum absolute atomic E-state index is 12.4. The normalized spacial score (nSPS) is 10.1. The predicted octanol–water partition coefficient (Wildman–Crippen LogP) is 2.59. The minimum atomic E-state index is -0.236. The fraction of sp³-hybridized carbons (Fsp3) is 0. The van der Waals surface area contributed by atoms with Crippen molar-refractivity contribution in [2.24, 2.45) is 0 Å². The predicted molar refractivity (Wildman–Crippen MR) is 86.6 cm³/mol. The second kappa shape index (κ2) is 6.66. The Morgan fingerprint density at radius 1 is 0.696 bits per heavy atom. The average molecular weight is 303 g/mol. The molecule has 23 heavy (non-hydrogen) atoms. The Labute approximate surface area is 134 Å². The van der Waals surface area contributed by atoms with Gasteiger partial charge < -0.3 is 0 Å². The van der Waals surface area contributed by atoms with E-state index in [9.17, 15) is 9.59 Å². The van der Waals surface area contributed by atoms with Crippen LogP contribution < -0.4 is 10.1 Å². The van der Waals surface area contributed by atoms with Crippen molar-refractivity contribution in [1.82, 2.24) is 0 Å². The molecule has 3 aromatic rings. The maximum atomic E-state index is 12.4. The van der Waals surface area contributed by atoms with E-state index in [-0.39, 0.29) is 11.7 Å². The van der Waals surface area contributed by atoms with Gasteiger partial charge in [0.25, 0.3) is 0 Å². The fourth-order valence-corrected chi connectivity index (χ4v) is 2.21. The van der Waals surface area contributed by atoms with Gasteiger partial charge in [-0.3, -0.25) is 9.59 Å². The molecule has 1 heterocycles. The smallest absolute Gasteiger partial charge is 0.288 e. The summed E-state index contributed by atoms with van der Waals surface area (Å²) < 4.78 is 1.49. The first-order chi connectivity index (χ1) is 11.2. The molecule has 0 saturated carbocycles. The molecule has 112 valence electrons. The topological polar surface area (TPSA) is 50.1 Å². The van der Waals surface area contributed by atoms with Gasteiger partial charge in [0.2, 0.25) is 6.20 Å². The molecule has 0 spiro atoms. The van der Waals surface area contributed by atoms with Gasteiger partial charge in [-0.1, -0.05) is 53.2 Å². The van der Waals surface area contributed by atoms with Gasteiger partial charge in [0.15, 0.2) is 12.0 Å². The molecule has 0 aliphatic rings. The van der Waals surface area contributed by atoms with Crippen LogP contribution in [0.3, 0.4) is 0 Å². The van der Waals surface area contributed by atoms with Crippen LogP contribution in [0.15, 0.2) is 85.2 Å². The summed E-state index contributed by atoms with van der Waals surface area (Å²) in [6.07, 6.45) is 3.29. The zero-order valence-electron chi connectivity index (χ0n) is 12.3. The number of pyridine rings is 1. The largest absolute Gasteiger partial charge is 0.305 e. The molecule has 0 bridgehead atoms. The Morgan fingerprint density at radius 3 is 1.91 bits per heavy atom. The molecule has 0 radical (unpaired) electrons. The lowest BCUT2D eigenvalue weighted by Gasteiger charge is -2.02. The maximum Gasteiger partial charge on any atom is 0.305 e. The van der Waals surface area contributed by atoms with Crippen LogP contribution in [-0.4, -0.2) is 11.7 Å². The first kappa shape index (κ1) is 14.7. The molecule has 1 N–H and O–H groups in total. The summed E-state index contributed by atoms with van der Waals surface area (Å²) >= 11 is 0. The van der Waals surface area contributed by atoms with Crippen molar-refractivity contribution in [3.63, 3.8) is 0 Å². The first-order valence-electron chi connectivity index (χ1n) is 7.21. The van der Waals surface area contributed by atoms with Gasteiger partial charge in [-0.05, 0) is 18.2 Å². The van der Waals surface area contributed by atoms with Crippen LogP contribution in [0.25, 0.3) is 0 Å². The van der Waals surface area contributed by atoms with Crippen molar-refractivity contribution >= 4 is 11.7 Å². The summed E-state index contributed by atoms with van der Waals surface area (Å²) in [5.74, 6) is -0.325. The van der Waals surface area contributed by atoms with Gasteiger partial charge in [0.1, 0.15) is 0 Å². The Kier molecular flexibility index (Phi) is 4.25. The fourth-order valence-electron chi connectivity index (χ4n) is 2.21. The lowest BCUT2D eigenvalue weighted by atomic mass is 10.1. The minimum Gasteiger partial charge on any atom is -0.288 e. The monoisotopic (exact) mass is 303 g/mol. The van der Waals surface area contributed by atoms with E-state index in [0.717, 1.165) is 0 Å². The van der Waals surface area contributed by atoms with Gasteiger partial charge in [-0.15, -0.1) is 5.43 Å². The molecule has 1 aromatic heterocycles. The van der Waals surface area contributed by atoms with Crippen molar-refractivity contribution in [3.8, 4) is 0 Å². The van der Waals surface area contributed by atoms with E-state index in [1.165, 1.54) is 4.68 Å². The summed E-state index contributed by atoms with van der Waals surface area (Å²) in [7, 11) is 0. The van der Waals surface area contributed by atoms with E-state index in [0.29, 0.717) is 16.7 Å². The number of aromatic nitrogens is 1. The Hall–Kier alpha value is -3.27. The third kappa shape index (κ3) is 3.49. The van der Waals surface area contributed by atoms with Crippen molar-refractivity contribution in [3.05, 3.63) is 102 Å². The summed E-state index contributed by atoms with van der Waals surface area (Å²) in [5, 5.41) is 0. The molecular weight excluding hydrogens is 288 g/mol. The number of nitrogens with one attached hydrogen (secondary N) is 1. The highest BCUT2D eigenvalue weighted by Gasteiger charge is 2.15. The second-order valence-corrected chi connectivity index (χ2v) is 5.00. The molecular formula is C19H15N2O2+. The van der Waals surface area contributed by atoms with Crippen LogP contribution in [0.5, 0.6) is 0 Å². The molecule has 4 heteroatoms. The number of ketones is 1. The van der Waals surface area contributed by atoms with E-state index >= 15 is 0 Å². The lowest BCUT2D eigenvalue weighted by Crippen LogP contribution is -2.48. The first-order valence-corrected chi connectivity index (χ1v) is 7.21. The van der Waals surface area contributed by atoms with Gasteiger partial charge in [-0.25, -0.2) is 0 Å². The van der Waals surface area contributed by atoms with Crippen molar-refractivity contribution < 1.29 is 14.3 Å². The van der Waals surface area contributed by atoms with E-state index in [1.807, 2.05) is 24.3 Å². The van der Waals surface area contributed by atoms with E-state index in [1.54, 1.807) is 60.9 Å². The standard InChI is InChI=1S/C19H14N2O2/c22-18(15-8-3-1-4-9-15)17-12-7-13-21(14-17)20-19(23)16-10-5-2-6-11-16/h1-14H/p+1. The second-order valence-electron chi connectivity index (χ2n) is 5.00. The SMILES string of the molecule is O=C(N[n+]1cccc(C(=O)c2ccccc2)c1)c1ccccc1.